The second kappa shape index (κ2) is 10.2. The van der Waals surface area contributed by atoms with Crippen LogP contribution in [-0.4, -0.2) is 39.1 Å². The predicted octanol–water partition coefficient (Wildman–Crippen LogP) is -3.73. The van der Waals surface area contributed by atoms with Gasteiger partial charge in [-0.05, 0) is 55.6 Å². The van der Waals surface area contributed by atoms with E-state index in [1.807, 2.05) is 13.0 Å². The number of aliphatic hydroxyl groups is 1. The first-order valence-electron chi connectivity index (χ1n) is 10.8. The van der Waals surface area contributed by atoms with E-state index in [9.17, 15) is 29.0 Å². The van der Waals surface area contributed by atoms with Gasteiger partial charge in [-0.3, -0.25) is 9.59 Å². The monoisotopic (exact) mass is 550 g/mol. The quantitative estimate of drug-likeness (QED) is 0.216. The average Bonchev–Trinajstić information content (AvgIpc) is 2.89. The van der Waals surface area contributed by atoms with E-state index in [4.69, 9.17) is 23.2 Å². The molecule has 12 heteroatoms. The van der Waals surface area contributed by atoms with E-state index in [1.54, 1.807) is 19.9 Å². The van der Waals surface area contributed by atoms with Gasteiger partial charge in [-0.25, -0.2) is 0 Å². The summed E-state index contributed by atoms with van der Waals surface area (Å²) in [5.41, 5.74) is -2.59. The second-order valence-corrected chi connectivity index (χ2v) is 12.6. The number of halogens is 2. The van der Waals surface area contributed by atoms with Gasteiger partial charge in [0.1, 0.15) is 12.2 Å². The molecular formula is C22H27Cl2Na2O7P. The summed E-state index contributed by atoms with van der Waals surface area (Å²) in [6, 6.07) is 0. The molecular weight excluding hydrogens is 524 g/mol. The van der Waals surface area contributed by atoms with Crippen LogP contribution in [0.15, 0.2) is 23.8 Å². The molecule has 0 bridgehead atoms. The van der Waals surface area contributed by atoms with Crippen LogP contribution in [0.4, 0.5) is 0 Å². The van der Waals surface area contributed by atoms with Gasteiger partial charge in [0.25, 0.3) is 0 Å². The third-order valence-electron chi connectivity index (χ3n) is 8.96. The van der Waals surface area contributed by atoms with Crippen LogP contribution >= 0.6 is 31.0 Å². The zero-order valence-electron chi connectivity index (χ0n) is 20.2. The minimum absolute atomic E-state index is 0. The van der Waals surface area contributed by atoms with Gasteiger partial charge >= 0.3 is 59.1 Å². The molecule has 0 aromatic carbocycles. The van der Waals surface area contributed by atoms with Crippen molar-refractivity contribution in [2.24, 2.45) is 28.6 Å². The van der Waals surface area contributed by atoms with Crippen LogP contribution in [0.5, 0.6) is 0 Å². The van der Waals surface area contributed by atoms with Gasteiger partial charge in [0.05, 0.1) is 18.1 Å². The summed E-state index contributed by atoms with van der Waals surface area (Å²) in [6.07, 6.45) is 7.00. The molecule has 8 unspecified atom stereocenters. The Hall–Kier alpha value is 1.47. The van der Waals surface area contributed by atoms with Crippen LogP contribution in [0.1, 0.15) is 46.5 Å². The molecule has 3 fully saturated rings. The van der Waals surface area contributed by atoms with Crippen LogP contribution in [-0.2, 0) is 18.7 Å². The van der Waals surface area contributed by atoms with Gasteiger partial charge in [-0.1, -0.05) is 32.4 Å². The molecule has 7 nitrogen and oxygen atoms in total. The number of Topliss-reactive ketones (excluding diaryl/α,β-unsaturated/α-hetero) is 1. The topological polar surface area (TPSA) is 127 Å². The standard InChI is InChI=1S/C22H29Cl2O7P.2Na/c1-12-8-16-15-5-4-13-9-14(25)6-7-19(13,2)21(15,24)17(23)10-20(16,3)22(12,27)18(26)11-31-32(28,29)30;;/h6-7,9,12,15-17,27H,4-5,8,10-11H2,1-3H3,(H2,28,29,30);;/q;2*+1/p-2. The van der Waals surface area contributed by atoms with Crippen molar-refractivity contribution in [3.8, 4) is 0 Å². The number of rotatable bonds is 4. The molecule has 0 aliphatic heterocycles. The molecule has 1 N–H and O–H groups in total. The third-order valence-corrected chi connectivity index (χ3v) is 10.9. The fourth-order valence-electron chi connectivity index (χ4n) is 7.32. The maximum atomic E-state index is 13.1. The average molecular weight is 551 g/mol. The van der Waals surface area contributed by atoms with E-state index in [0.29, 0.717) is 19.3 Å². The first kappa shape index (κ1) is 31.7. The number of carbonyl (C=O) groups is 2. The first-order valence-corrected chi connectivity index (χ1v) is 13.1. The van der Waals surface area contributed by atoms with E-state index >= 15 is 0 Å². The van der Waals surface area contributed by atoms with Gasteiger partial charge in [0.2, 0.25) is 0 Å². The van der Waals surface area contributed by atoms with Crippen molar-refractivity contribution in [1.82, 2.24) is 0 Å². The molecule has 178 valence electrons. The Labute approximate surface area is 254 Å². The summed E-state index contributed by atoms with van der Waals surface area (Å²) < 4.78 is 15.1. The summed E-state index contributed by atoms with van der Waals surface area (Å²) in [7, 11) is -5.37. The van der Waals surface area contributed by atoms with Crippen molar-refractivity contribution in [1.29, 1.82) is 0 Å². The number of hydrogen-bond acceptors (Lipinski definition) is 7. The first-order chi connectivity index (χ1) is 14.6. The molecule has 0 amide bonds. The molecule has 0 radical (unpaired) electrons. The van der Waals surface area contributed by atoms with Gasteiger partial charge in [0.15, 0.2) is 11.6 Å². The van der Waals surface area contributed by atoms with Crippen molar-refractivity contribution in [2.75, 3.05) is 6.61 Å². The Bertz CT molecular complexity index is 986. The molecule has 4 rings (SSSR count). The predicted molar refractivity (Wildman–Crippen MR) is 115 cm³/mol. The molecule has 4 aliphatic rings. The largest absolute Gasteiger partial charge is 1.00 e. The van der Waals surface area contributed by atoms with E-state index in [1.165, 1.54) is 6.08 Å². The van der Waals surface area contributed by atoms with Crippen LogP contribution < -0.4 is 68.9 Å². The Kier molecular flexibility index (Phi) is 9.52. The normalized spacial score (nSPS) is 45.2. The van der Waals surface area contributed by atoms with E-state index in [2.05, 4.69) is 4.52 Å². The summed E-state index contributed by atoms with van der Waals surface area (Å²) in [4.78, 5) is 45.9. The van der Waals surface area contributed by atoms with Gasteiger partial charge in [-0.15, -0.1) is 23.2 Å². The van der Waals surface area contributed by atoms with Crippen LogP contribution in [0.25, 0.3) is 0 Å². The number of ketones is 2. The maximum Gasteiger partial charge on any atom is 1.00 e. The Morgan fingerprint density at radius 1 is 1.29 bits per heavy atom. The SMILES string of the molecule is CC1CC2C3CCC4=CC(=O)C=CC4(C)C3(Cl)C(Cl)CC2(C)C1(O)C(=O)COP(=O)([O-])[O-].[Na+].[Na+]. The van der Waals surface area contributed by atoms with E-state index in [-0.39, 0.29) is 83.2 Å². The Morgan fingerprint density at radius 3 is 2.50 bits per heavy atom. The maximum absolute atomic E-state index is 13.1. The molecule has 0 aromatic rings. The minimum atomic E-state index is -5.37. The van der Waals surface area contributed by atoms with Crippen LogP contribution in [0.2, 0.25) is 0 Å². The van der Waals surface area contributed by atoms with Crippen molar-refractivity contribution >= 4 is 42.6 Å². The number of carbonyl (C=O) groups excluding carboxylic acids is 2. The molecule has 0 aromatic heterocycles. The fourth-order valence-corrected chi connectivity index (χ4v) is 8.83. The summed E-state index contributed by atoms with van der Waals surface area (Å²) in [6.45, 7) is 4.52. The van der Waals surface area contributed by atoms with Crippen molar-refractivity contribution in [2.45, 2.75) is 62.3 Å². The molecule has 0 heterocycles. The number of phosphoric acid groups is 1. The van der Waals surface area contributed by atoms with Crippen molar-refractivity contribution < 1.29 is 92.7 Å². The van der Waals surface area contributed by atoms with Crippen LogP contribution in [0.3, 0.4) is 0 Å². The van der Waals surface area contributed by atoms with Gasteiger partial charge in [0, 0.05) is 10.8 Å². The smallest absolute Gasteiger partial charge is 0.790 e. The molecule has 3 saturated carbocycles. The van der Waals surface area contributed by atoms with Gasteiger partial charge in [-0.2, -0.15) is 0 Å². The molecule has 0 spiro atoms. The number of phosphoric ester groups is 1. The van der Waals surface area contributed by atoms with E-state index in [0.717, 1.165) is 5.57 Å². The number of hydrogen-bond donors (Lipinski definition) is 1. The second-order valence-electron chi connectivity index (χ2n) is 10.3. The molecule has 34 heavy (non-hydrogen) atoms. The van der Waals surface area contributed by atoms with Crippen molar-refractivity contribution in [3.05, 3.63) is 23.8 Å². The number of alkyl halides is 2. The summed E-state index contributed by atoms with van der Waals surface area (Å²) in [5.74, 6) is -1.75. The fraction of sp³-hybridized carbons (Fsp3) is 0.727. The zero-order chi connectivity index (χ0) is 23.9. The third kappa shape index (κ3) is 4.41. The van der Waals surface area contributed by atoms with Crippen molar-refractivity contribution in [3.63, 3.8) is 0 Å². The summed E-state index contributed by atoms with van der Waals surface area (Å²) >= 11 is 14.4. The molecule has 4 aliphatic carbocycles. The summed E-state index contributed by atoms with van der Waals surface area (Å²) in [5, 5.41) is 11.1. The number of fused-ring (bicyclic) bond motifs is 5. The minimum Gasteiger partial charge on any atom is -0.790 e. The molecule has 0 saturated heterocycles. The Morgan fingerprint density at radius 2 is 1.91 bits per heavy atom. The zero-order valence-corrected chi connectivity index (χ0v) is 26.6. The van der Waals surface area contributed by atoms with Crippen LogP contribution in [0, 0.1) is 28.6 Å². The Balaban J connectivity index is 0.00000204. The van der Waals surface area contributed by atoms with E-state index < -0.39 is 52.8 Å². The van der Waals surface area contributed by atoms with Gasteiger partial charge < -0.3 is 24.0 Å². The number of allylic oxidation sites excluding steroid dienone is 4. The molecule has 8 atom stereocenters.